The molecule has 1 aromatic rings. The lowest BCUT2D eigenvalue weighted by molar-refractivity contribution is -0.139. The van der Waals surface area contributed by atoms with Crippen LogP contribution in [0.1, 0.15) is 23.6 Å². The van der Waals surface area contributed by atoms with Crippen molar-refractivity contribution in [3.05, 3.63) is 35.4 Å². The molecule has 1 atom stereocenters. The van der Waals surface area contributed by atoms with E-state index in [4.69, 9.17) is 10.2 Å². The fourth-order valence-corrected chi connectivity index (χ4v) is 1.52. The van der Waals surface area contributed by atoms with E-state index in [-0.39, 0.29) is 6.61 Å². The standard InChI is InChI=1S/C12H17NO3/c1-9-4-2-5-10(8-9)11(12(15)16)13-6-3-7-14/h2,4-5,8,11,13-14H,3,6-7H2,1H3,(H,15,16). The fourth-order valence-electron chi connectivity index (χ4n) is 1.52. The molecular formula is C12H17NO3. The monoisotopic (exact) mass is 223 g/mol. The van der Waals surface area contributed by atoms with Gasteiger partial charge in [0.05, 0.1) is 0 Å². The highest BCUT2D eigenvalue weighted by atomic mass is 16.4. The number of aliphatic carboxylic acids is 1. The average molecular weight is 223 g/mol. The Kier molecular flexibility index (Phi) is 4.95. The lowest BCUT2D eigenvalue weighted by Crippen LogP contribution is -2.29. The minimum atomic E-state index is -0.900. The molecule has 1 rings (SSSR count). The number of hydrogen-bond acceptors (Lipinski definition) is 3. The molecule has 0 fully saturated rings. The minimum Gasteiger partial charge on any atom is -0.480 e. The molecule has 16 heavy (non-hydrogen) atoms. The zero-order valence-corrected chi connectivity index (χ0v) is 9.31. The third-order valence-electron chi connectivity index (χ3n) is 2.31. The SMILES string of the molecule is Cc1cccc(C(NCCCO)C(=O)O)c1. The maximum absolute atomic E-state index is 11.1. The predicted octanol–water partition coefficient (Wildman–Crippen LogP) is 1.09. The Morgan fingerprint density at radius 3 is 2.81 bits per heavy atom. The topological polar surface area (TPSA) is 69.6 Å². The highest BCUT2D eigenvalue weighted by Crippen LogP contribution is 2.14. The number of carbonyl (C=O) groups is 1. The van der Waals surface area contributed by atoms with Crippen LogP contribution in [0.3, 0.4) is 0 Å². The van der Waals surface area contributed by atoms with Crippen molar-refractivity contribution in [2.45, 2.75) is 19.4 Å². The summed E-state index contributed by atoms with van der Waals surface area (Å²) in [5, 5.41) is 20.6. The number of aliphatic hydroxyl groups is 1. The third kappa shape index (κ3) is 3.64. The molecule has 0 radical (unpaired) electrons. The third-order valence-corrected chi connectivity index (χ3v) is 2.31. The van der Waals surface area contributed by atoms with Crippen molar-refractivity contribution < 1.29 is 15.0 Å². The minimum absolute atomic E-state index is 0.0627. The molecule has 3 N–H and O–H groups in total. The summed E-state index contributed by atoms with van der Waals surface area (Å²) in [7, 11) is 0. The molecule has 0 saturated carbocycles. The molecule has 0 aliphatic rings. The van der Waals surface area contributed by atoms with Gasteiger partial charge in [0.15, 0.2) is 0 Å². The molecule has 0 aliphatic carbocycles. The second-order valence-corrected chi connectivity index (χ2v) is 3.72. The highest BCUT2D eigenvalue weighted by molar-refractivity contribution is 5.75. The smallest absolute Gasteiger partial charge is 0.325 e. The van der Waals surface area contributed by atoms with Gasteiger partial charge in [-0.05, 0) is 25.5 Å². The van der Waals surface area contributed by atoms with Crippen molar-refractivity contribution in [2.24, 2.45) is 0 Å². The Hall–Kier alpha value is -1.39. The number of hydrogen-bond donors (Lipinski definition) is 3. The molecule has 1 aromatic carbocycles. The molecule has 0 aliphatic heterocycles. The molecule has 0 amide bonds. The van der Waals surface area contributed by atoms with Gasteiger partial charge in [-0.3, -0.25) is 4.79 Å². The molecule has 0 aromatic heterocycles. The first-order chi connectivity index (χ1) is 7.65. The first-order valence-corrected chi connectivity index (χ1v) is 5.28. The van der Waals surface area contributed by atoms with Crippen LogP contribution in [-0.4, -0.2) is 29.3 Å². The number of carboxylic acid groups (broad SMARTS) is 1. The quantitative estimate of drug-likeness (QED) is 0.631. The van der Waals surface area contributed by atoms with Gasteiger partial charge in [-0.1, -0.05) is 29.8 Å². The van der Waals surface area contributed by atoms with Crippen LogP contribution in [0.25, 0.3) is 0 Å². The second kappa shape index (κ2) is 6.25. The predicted molar refractivity (Wildman–Crippen MR) is 61.3 cm³/mol. The Labute approximate surface area is 94.9 Å². The summed E-state index contributed by atoms with van der Waals surface area (Å²) in [6, 6.07) is 6.71. The van der Waals surface area contributed by atoms with Crippen LogP contribution >= 0.6 is 0 Å². The fraction of sp³-hybridized carbons (Fsp3) is 0.417. The average Bonchev–Trinajstić information content (AvgIpc) is 2.24. The summed E-state index contributed by atoms with van der Waals surface area (Å²) >= 11 is 0. The zero-order valence-electron chi connectivity index (χ0n) is 9.31. The molecule has 88 valence electrons. The Bertz CT molecular complexity index is 352. The molecule has 0 heterocycles. The zero-order chi connectivity index (χ0) is 12.0. The maximum atomic E-state index is 11.1. The van der Waals surface area contributed by atoms with E-state index >= 15 is 0 Å². The van der Waals surface area contributed by atoms with E-state index in [1.807, 2.05) is 25.1 Å². The first kappa shape index (κ1) is 12.7. The number of rotatable bonds is 6. The van der Waals surface area contributed by atoms with Crippen LogP contribution in [0.5, 0.6) is 0 Å². The largest absolute Gasteiger partial charge is 0.480 e. The lowest BCUT2D eigenvalue weighted by atomic mass is 10.0. The summed E-state index contributed by atoms with van der Waals surface area (Å²) in [6.07, 6.45) is 0.551. The van der Waals surface area contributed by atoms with E-state index in [0.29, 0.717) is 13.0 Å². The normalized spacial score (nSPS) is 12.4. The van der Waals surface area contributed by atoms with Gasteiger partial charge in [0.25, 0.3) is 0 Å². The van der Waals surface area contributed by atoms with Crippen molar-refractivity contribution in [3.8, 4) is 0 Å². The van der Waals surface area contributed by atoms with Crippen LogP contribution < -0.4 is 5.32 Å². The summed E-state index contributed by atoms with van der Waals surface area (Å²) in [5.74, 6) is -0.900. The Morgan fingerprint density at radius 2 is 2.25 bits per heavy atom. The highest BCUT2D eigenvalue weighted by Gasteiger charge is 2.18. The Morgan fingerprint density at radius 1 is 1.50 bits per heavy atom. The number of benzene rings is 1. The molecule has 4 nitrogen and oxygen atoms in total. The molecular weight excluding hydrogens is 206 g/mol. The maximum Gasteiger partial charge on any atom is 0.325 e. The van der Waals surface area contributed by atoms with Crippen molar-refractivity contribution in [1.82, 2.24) is 5.32 Å². The van der Waals surface area contributed by atoms with E-state index in [2.05, 4.69) is 5.32 Å². The van der Waals surface area contributed by atoms with Crippen molar-refractivity contribution in [3.63, 3.8) is 0 Å². The lowest BCUT2D eigenvalue weighted by Gasteiger charge is -2.14. The number of carboxylic acids is 1. The van der Waals surface area contributed by atoms with E-state index < -0.39 is 12.0 Å². The first-order valence-electron chi connectivity index (χ1n) is 5.28. The van der Waals surface area contributed by atoms with Gasteiger partial charge in [0.2, 0.25) is 0 Å². The van der Waals surface area contributed by atoms with Crippen LogP contribution in [0.2, 0.25) is 0 Å². The number of nitrogens with one attached hydrogen (secondary N) is 1. The van der Waals surface area contributed by atoms with Crippen LogP contribution in [0.4, 0.5) is 0 Å². The molecule has 1 unspecified atom stereocenters. The van der Waals surface area contributed by atoms with Crippen LogP contribution in [0.15, 0.2) is 24.3 Å². The van der Waals surface area contributed by atoms with Gasteiger partial charge in [-0.15, -0.1) is 0 Å². The van der Waals surface area contributed by atoms with Gasteiger partial charge in [0, 0.05) is 6.61 Å². The van der Waals surface area contributed by atoms with Crippen LogP contribution in [0, 0.1) is 6.92 Å². The summed E-state index contributed by atoms with van der Waals surface area (Å²) < 4.78 is 0. The molecule has 0 saturated heterocycles. The van der Waals surface area contributed by atoms with Gasteiger partial charge in [-0.25, -0.2) is 0 Å². The van der Waals surface area contributed by atoms with Crippen molar-refractivity contribution >= 4 is 5.97 Å². The van der Waals surface area contributed by atoms with Crippen molar-refractivity contribution in [2.75, 3.05) is 13.2 Å². The Balaban J connectivity index is 2.73. The van der Waals surface area contributed by atoms with Gasteiger partial charge >= 0.3 is 5.97 Å². The molecule has 4 heteroatoms. The van der Waals surface area contributed by atoms with E-state index in [1.165, 1.54) is 0 Å². The summed E-state index contributed by atoms with van der Waals surface area (Å²) in [4.78, 5) is 11.1. The van der Waals surface area contributed by atoms with E-state index in [0.717, 1.165) is 11.1 Å². The van der Waals surface area contributed by atoms with Crippen molar-refractivity contribution in [1.29, 1.82) is 0 Å². The van der Waals surface area contributed by atoms with E-state index in [1.54, 1.807) is 6.07 Å². The second-order valence-electron chi connectivity index (χ2n) is 3.72. The molecule has 0 spiro atoms. The van der Waals surface area contributed by atoms with E-state index in [9.17, 15) is 4.79 Å². The van der Waals surface area contributed by atoms with Gasteiger partial charge in [0.1, 0.15) is 6.04 Å². The molecule has 0 bridgehead atoms. The summed E-state index contributed by atoms with van der Waals surface area (Å²) in [6.45, 7) is 2.48. The van der Waals surface area contributed by atoms with Crippen LogP contribution in [-0.2, 0) is 4.79 Å². The summed E-state index contributed by atoms with van der Waals surface area (Å²) in [5.41, 5.74) is 1.78. The van der Waals surface area contributed by atoms with Gasteiger partial charge < -0.3 is 15.5 Å². The van der Waals surface area contributed by atoms with Gasteiger partial charge in [-0.2, -0.15) is 0 Å². The number of aliphatic hydroxyl groups excluding tert-OH is 1. The number of aryl methyl sites for hydroxylation is 1.